The first-order chi connectivity index (χ1) is 12.9. The number of furan rings is 1. The van der Waals surface area contributed by atoms with Crippen molar-refractivity contribution in [2.75, 3.05) is 11.9 Å². The molecule has 0 spiro atoms. The molecule has 2 amide bonds. The molecule has 1 unspecified atom stereocenters. The topological polar surface area (TPSA) is 91.6 Å². The maximum absolute atomic E-state index is 13.6. The average molecular weight is 388 g/mol. The maximum atomic E-state index is 13.6. The molecule has 0 aliphatic carbocycles. The third-order valence-electron chi connectivity index (χ3n) is 4.07. The molecule has 3 aromatic rings. The molecule has 0 aliphatic heterocycles. The summed E-state index contributed by atoms with van der Waals surface area (Å²) in [5.74, 6) is -2.39. The van der Waals surface area contributed by atoms with Gasteiger partial charge in [-0.2, -0.15) is 0 Å². The first kappa shape index (κ1) is 18.8. The minimum atomic E-state index is -1.53. The van der Waals surface area contributed by atoms with Gasteiger partial charge in [-0.1, -0.05) is 12.1 Å². The lowest BCUT2D eigenvalue weighted by Gasteiger charge is -2.26. The molecule has 140 valence electrons. The molecule has 6 nitrogen and oxygen atoms in total. The van der Waals surface area contributed by atoms with Crippen molar-refractivity contribution in [2.24, 2.45) is 0 Å². The van der Waals surface area contributed by atoms with Gasteiger partial charge >= 0.3 is 11.8 Å². The lowest BCUT2D eigenvalue weighted by atomic mass is 9.94. The number of halogens is 1. The molecule has 27 heavy (non-hydrogen) atoms. The van der Waals surface area contributed by atoms with Crippen LogP contribution < -0.4 is 10.6 Å². The van der Waals surface area contributed by atoms with Gasteiger partial charge in [-0.15, -0.1) is 11.3 Å². The molecule has 0 bridgehead atoms. The van der Waals surface area contributed by atoms with Crippen LogP contribution in [0.2, 0.25) is 0 Å². The summed E-state index contributed by atoms with van der Waals surface area (Å²) in [5, 5.41) is 17.6. The Morgan fingerprint density at radius 2 is 2.07 bits per heavy atom. The van der Waals surface area contributed by atoms with Gasteiger partial charge in [0.25, 0.3) is 0 Å². The molecule has 0 fully saturated rings. The summed E-state index contributed by atoms with van der Waals surface area (Å²) in [4.78, 5) is 24.8. The van der Waals surface area contributed by atoms with Crippen LogP contribution in [-0.2, 0) is 15.2 Å². The maximum Gasteiger partial charge on any atom is 0.313 e. The predicted octanol–water partition coefficient (Wildman–Crippen LogP) is 2.78. The Kier molecular flexibility index (Phi) is 5.38. The number of thiophene rings is 1. The van der Waals surface area contributed by atoms with Crippen molar-refractivity contribution in [1.29, 1.82) is 0 Å². The molecule has 3 rings (SSSR count). The highest BCUT2D eigenvalue weighted by atomic mass is 32.1. The quantitative estimate of drug-likeness (QED) is 0.586. The van der Waals surface area contributed by atoms with Crippen LogP contribution >= 0.6 is 11.3 Å². The van der Waals surface area contributed by atoms with Gasteiger partial charge in [-0.05, 0) is 42.1 Å². The van der Waals surface area contributed by atoms with Crippen LogP contribution in [0.15, 0.2) is 58.7 Å². The molecule has 0 saturated heterocycles. The Hall–Kier alpha value is -2.97. The van der Waals surface area contributed by atoms with Gasteiger partial charge in [0.1, 0.15) is 11.4 Å². The van der Waals surface area contributed by atoms with E-state index >= 15 is 0 Å². The summed E-state index contributed by atoms with van der Waals surface area (Å²) in [6.45, 7) is 1.36. The monoisotopic (exact) mass is 388 g/mol. The SMILES string of the molecule is Cc1ccc(NC(=O)C(=O)NCC(O)(c2ccoc2)c2cccs2)cc1F. The normalized spacial score (nSPS) is 13.0. The van der Waals surface area contributed by atoms with E-state index in [9.17, 15) is 19.1 Å². The van der Waals surface area contributed by atoms with E-state index in [1.165, 1.54) is 36.0 Å². The first-order valence-electron chi connectivity index (χ1n) is 8.04. The number of hydrogen-bond donors (Lipinski definition) is 3. The summed E-state index contributed by atoms with van der Waals surface area (Å²) in [6, 6.07) is 9.20. The van der Waals surface area contributed by atoms with Crippen molar-refractivity contribution < 1.29 is 23.5 Å². The van der Waals surface area contributed by atoms with Crippen molar-refractivity contribution in [3.8, 4) is 0 Å². The Morgan fingerprint density at radius 3 is 2.70 bits per heavy atom. The zero-order valence-corrected chi connectivity index (χ0v) is 15.2. The molecule has 0 radical (unpaired) electrons. The number of hydrogen-bond acceptors (Lipinski definition) is 5. The summed E-state index contributed by atoms with van der Waals surface area (Å²) in [5.41, 5.74) is -0.487. The lowest BCUT2D eigenvalue weighted by molar-refractivity contribution is -0.136. The highest BCUT2D eigenvalue weighted by Gasteiger charge is 2.35. The molecule has 0 aliphatic rings. The second-order valence-corrected chi connectivity index (χ2v) is 6.90. The van der Waals surface area contributed by atoms with E-state index in [0.29, 0.717) is 16.0 Å². The largest absolute Gasteiger partial charge is 0.472 e. The van der Waals surface area contributed by atoms with Gasteiger partial charge in [0, 0.05) is 16.1 Å². The number of amides is 2. The van der Waals surface area contributed by atoms with Crippen LogP contribution in [0.25, 0.3) is 0 Å². The number of nitrogens with one attached hydrogen (secondary N) is 2. The summed E-state index contributed by atoms with van der Waals surface area (Å²) in [6.07, 6.45) is 2.79. The number of carbonyl (C=O) groups excluding carboxylic acids is 2. The lowest BCUT2D eigenvalue weighted by Crippen LogP contribution is -2.44. The van der Waals surface area contributed by atoms with Gasteiger partial charge in [0.2, 0.25) is 0 Å². The fraction of sp³-hybridized carbons (Fsp3) is 0.158. The summed E-state index contributed by atoms with van der Waals surface area (Å²) >= 11 is 1.31. The highest BCUT2D eigenvalue weighted by molar-refractivity contribution is 7.10. The van der Waals surface area contributed by atoms with E-state index in [1.54, 1.807) is 30.5 Å². The molecule has 8 heteroatoms. The number of anilines is 1. The average Bonchev–Trinajstić information content (AvgIpc) is 3.36. The highest BCUT2D eigenvalue weighted by Crippen LogP contribution is 2.32. The van der Waals surface area contributed by atoms with E-state index < -0.39 is 23.2 Å². The molecule has 1 aromatic carbocycles. The Morgan fingerprint density at radius 1 is 1.26 bits per heavy atom. The van der Waals surface area contributed by atoms with Gasteiger partial charge in [0.15, 0.2) is 0 Å². The molecular formula is C19H17FN2O4S. The van der Waals surface area contributed by atoms with E-state index in [0.717, 1.165) is 6.07 Å². The van der Waals surface area contributed by atoms with E-state index in [2.05, 4.69) is 10.6 Å². The standard InChI is InChI=1S/C19H17FN2O4S/c1-12-4-5-14(9-15(12)20)22-18(24)17(23)21-11-19(25,13-6-7-26-10-13)16-3-2-8-27-16/h2-10,25H,11H2,1H3,(H,21,23)(H,22,24). The second kappa shape index (κ2) is 7.73. The van der Waals surface area contributed by atoms with Crippen LogP contribution in [0, 0.1) is 12.7 Å². The predicted molar refractivity (Wildman–Crippen MR) is 98.8 cm³/mol. The number of carbonyl (C=O) groups is 2. The molecule has 1 atom stereocenters. The van der Waals surface area contributed by atoms with Crippen molar-refractivity contribution in [2.45, 2.75) is 12.5 Å². The number of aryl methyl sites for hydroxylation is 1. The van der Waals surface area contributed by atoms with Gasteiger partial charge < -0.3 is 20.2 Å². The summed E-state index contributed by atoms with van der Waals surface area (Å²) < 4.78 is 18.6. The van der Waals surface area contributed by atoms with Gasteiger partial charge in [-0.3, -0.25) is 9.59 Å². The third kappa shape index (κ3) is 4.07. The van der Waals surface area contributed by atoms with Crippen LogP contribution in [0.5, 0.6) is 0 Å². The van der Waals surface area contributed by atoms with Crippen molar-refractivity contribution in [1.82, 2.24) is 5.32 Å². The fourth-order valence-corrected chi connectivity index (χ4v) is 3.34. The second-order valence-electron chi connectivity index (χ2n) is 5.95. The van der Waals surface area contributed by atoms with Crippen LogP contribution in [0.3, 0.4) is 0 Å². The molecule has 2 aromatic heterocycles. The van der Waals surface area contributed by atoms with E-state index in [-0.39, 0.29) is 12.2 Å². The van der Waals surface area contributed by atoms with Crippen molar-refractivity contribution in [3.05, 3.63) is 76.1 Å². The Bertz CT molecular complexity index is 905. The van der Waals surface area contributed by atoms with Crippen molar-refractivity contribution in [3.63, 3.8) is 0 Å². The molecular weight excluding hydrogens is 371 g/mol. The zero-order chi connectivity index (χ0) is 19.4. The molecule has 0 saturated carbocycles. The van der Waals surface area contributed by atoms with Crippen LogP contribution in [0.4, 0.5) is 10.1 Å². The van der Waals surface area contributed by atoms with Crippen LogP contribution in [0.1, 0.15) is 16.0 Å². The minimum absolute atomic E-state index is 0.168. The fourth-order valence-electron chi connectivity index (χ4n) is 2.49. The molecule has 3 N–H and O–H groups in total. The summed E-state index contributed by atoms with van der Waals surface area (Å²) in [7, 11) is 0. The molecule has 2 heterocycles. The van der Waals surface area contributed by atoms with E-state index in [4.69, 9.17) is 4.42 Å². The third-order valence-corrected chi connectivity index (χ3v) is 5.09. The minimum Gasteiger partial charge on any atom is -0.472 e. The smallest absolute Gasteiger partial charge is 0.313 e. The van der Waals surface area contributed by atoms with Gasteiger partial charge in [0.05, 0.1) is 19.1 Å². The van der Waals surface area contributed by atoms with E-state index in [1.807, 2.05) is 0 Å². The number of aliphatic hydroxyl groups is 1. The van der Waals surface area contributed by atoms with Crippen LogP contribution in [-0.4, -0.2) is 23.5 Å². The van der Waals surface area contributed by atoms with Crippen molar-refractivity contribution >= 4 is 28.8 Å². The Balaban J connectivity index is 1.69. The first-order valence-corrected chi connectivity index (χ1v) is 8.92. The number of benzene rings is 1. The zero-order valence-electron chi connectivity index (χ0n) is 14.4. The number of rotatable bonds is 5. The van der Waals surface area contributed by atoms with Gasteiger partial charge in [-0.25, -0.2) is 4.39 Å². The Labute approximate surface area is 158 Å².